The molecule has 43 heavy (non-hydrogen) atoms. The predicted octanol–water partition coefficient (Wildman–Crippen LogP) is 11.9. The maximum atomic E-state index is 6.27. The molecule has 0 unspecified atom stereocenters. The standard InChI is InChI=1S/C41H29NO/c1-28-37-15-7-8-17-40(37)43-41(28)33-12-9-11-31(26-33)29-20-22-35(23-21-29)42(34-13-3-2-4-14-34)36-24-25-39-32(27-36)19-18-30-10-5-6-16-38(30)39/h2-27H,1H3. The summed E-state index contributed by atoms with van der Waals surface area (Å²) in [5, 5.41) is 6.20. The molecule has 1 aromatic heterocycles. The van der Waals surface area contributed by atoms with Crippen LogP contribution in [0, 0.1) is 6.92 Å². The quantitative estimate of drug-likeness (QED) is 0.198. The summed E-state index contributed by atoms with van der Waals surface area (Å²) in [4.78, 5) is 2.33. The zero-order valence-corrected chi connectivity index (χ0v) is 23.9. The number of anilines is 3. The molecule has 2 nitrogen and oxygen atoms in total. The highest BCUT2D eigenvalue weighted by molar-refractivity contribution is 6.08. The molecular weight excluding hydrogens is 522 g/mol. The van der Waals surface area contributed by atoms with E-state index in [1.165, 1.54) is 27.1 Å². The number of furan rings is 1. The summed E-state index contributed by atoms with van der Waals surface area (Å²) in [6.07, 6.45) is 0. The average Bonchev–Trinajstić information content (AvgIpc) is 3.42. The molecule has 1 heterocycles. The van der Waals surface area contributed by atoms with E-state index < -0.39 is 0 Å². The van der Waals surface area contributed by atoms with E-state index in [-0.39, 0.29) is 0 Å². The lowest BCUT2D eigenvalue weighted by Crippen LogP contribution is -2.09. The average molecular weight is 552 g/mol. The maximum Gasteiger partial charge on any atom is 0.138 e. The third kappa shape index (κ3) is 4.45. The van der Waals surface area contributed by atoms with Gasteiger partial charge in [-0.3, -0.25) is 0 Å². The van der Waals surface area contributed by atoms with Crippen LogP contribution in [0.1, 0.15) is 5.56 Å². The summed E-state index contributed by atoms with van der Waals surface area (Å²) < 4.78 is 6.27. The highest BCUT2D eigenvalue weighted by atomic mass is 16.3. The molecule has 0 N–H and O–H groups in total. The molecule has 7 aromatic carbocycles. The Hall–Kier alpha value is -5.60. The summed E-state index contributed by atoms with van der Waals surface area (Å²) in [6, 6.07) is 56.1. The summed E-state index contributed by atoms with van der Waals surface area (Å²) >= 11 is 0. The van der Waals surface area contributed by atoms with E-state index in [1.54, 1.807) is 0 Å². The van der Waals surface area contributed by atoms with Gasteiger partial charge in [0, 0.05) is 33.6 Å². The fraction of sp³-hybridized carbons (Fsp3) is 0.0244. The normalized spacial score (nSPS) is 11.4. The lowest BCUT2D eigenvalue weighted by Gasteiger charge is -2.26. The second kappa shape index (κ2) is 10.3. The Morgan fingerprint density at radius 1 is 0.419 bits per heavy atom. The fourth-order valence-corrected chi connectivity index (χ4v) is 6.26. The van der Waals surface area contributed by atoms with Crippen molar-refractivity contribution in [1.82, 2.24) is 0 Å². The summed E-state index contributed by atoms with van der Waals surface area (Å²) in [5.41, 5.74) is 8.87. The molecule has 0 aliphatic heterocycles. The van der Waals surface area contributed by atoms with Crippen molar-refractivity contribution in [3.05, 3.63) is 163 Å². The van der Waals surface area contributed by atoms with Crippen LogP contribution in [0.3, 0.4) is 0 Å². The van der Waals surface area contributed by atoms with Crippen molar-refractivity contribution in [2.75, 3.05) is 4.90 Å². The Morgan fingerprint density at radius 2 is 1.07 bits per heavy atom. The van der Waals surface area contributed by atoms with Crippen LogP contribution in [0.2, 0.25) is 0 Å². The van der Waals surface area contributed by atoms with Crippen LogP contribution in [-0.2, 0) is 0 Å². The topological polar surface area (TPSA) is 16.4 Å². The molecule has 204 valence electrons. The number of aryl methyl sites for hydroxylation is 1. The zero-order valence-electron chi connectivity index (χ0n) is 23.9. The molecule has 0 fully saturated rings. The Bertz CT molecular complexity index is 2240. The maximum absolute atomic E-state index is 6.27. The van der Waals surface area contributed by atoms with Gasteiger partial charge in [0.2, 0.25) is 0 Å². The van der Waals surface area contributed by atoms with E-state index >= 15 is 0 Å². The van der Waals surface area contributed by atoms with Gasteiger partial charge in [-0.1, -0.05) is 109 Å². The largest absolute Gasteiger partial charge is 0.456 e. The van der Waals surface area contributed by atoms with Gasteiger partial charge in [0.15, 0.2) is 0 Å². The van der Waals surface area contributed by atoms with Gasteiger partial charge in [-0.2, -0.15) is 0 Å². The SMILES string of the molecule is Cc1c(-c2cccc(-c3ccc(N(c4ccccc4)c4ccc5c(ccc6ccccc65)c4)cc3)c2)oc2ccccc12. The Morgan fingerprint density at radius 3 is 1.91 bits per heavy atom. The monoisotopic (exact) mass is 551 g/mol. The molecule has 0 bridgehead atoms. The highest BCUT2D eigenvalue weighted by Gasteiger charge is 2.15. The number of para-hydroxylation sites is 2. The smallest absolute Gasteiger partial charge is 0.138 e. The van der Waals surface area contributed by atoms with Crippen LogP contribution in [0.4, 0.5) is 17.1 Å². The van der Waals surface area contributed by atoms with Gasteiger partial charge in [0.1, 0.15) is 11.3 Å². The van der Waals surface area contributed by atoms with E-state index in [9.17, 15) is 0 Å². The van der Waals surface area contributed by atoms with E-state index in [4.69, 9.17) is 4.42 Å². The van der Waals surface area contributed by atoms with Crippen molar-refractivity contribution in [1.29, 1.82) is 0 Å². The third-order valence-electron chi connectivity index (χ3n) is 8.43. The molecule has 0 atom stereocenters. The zero-order chi connectivity index (χ0) is 28.8. The number of hydrogen-bond donors (Lipinski definition) is 0. The van der Waals surface area contributed by atoms with Crippen LogP contribution >= 0.6 is 0 Å². The van der Waals surface area contributed by atoms with Gasteiger partial charge in [0.05, 0.1) is 0 Å². The molecule has 2 heteroatoms. The Balaban J connectivity index is 1.18. The molecule has 0 amide bonds. The molecule has 0 saturated carbocycles. The minimum Gasteiger partial charge on any atom is -0.456 e. The summed E-state index contributed by atoms with van der Waals surface area (Å²) in [6.45, 7) is 2.13. The number of hydrogen-bond acceptors (Lipinski definition) is 2. The van der Waals surface area contributed by atoms with Gasteiger partial charge >= 0.3 is 0 Å². The first-order valence-corrected chi connectivity index (χ1v) is 14.7. The van der Waals surface area contributed by atoms with Crippen molar-refractivity contribution in [2.45, 2.75) is 6.92 Å². The lowest BCUT2D eigenvalue weighted by molar-refractivity contribution is 0.629. The second-order valence-corrected chi connectivity index (χ2v) is 11.0. The number of fused-ring (bicyclic) bond motifs is 4. The van der Waals surface area contributed by atoms with Crippen LogP contribution in [0.15, 0.2) is 162 Å². The third-order valence-corrected chi connectivity index (χ3v) is 8.43. The van der Waals surface area contributed by atoms with Crippen molar-refractivity contribution >= 4 is 49.6 Å². The minimum absolute atomic E-state index is 0.924. The summed E-state index contributed by atoms with van der Waals surface area (Å²) in [5.74, 6) is 0.930. The van der Waals surface area contributed by atoms with Gasteiger partial charge in [0.25, 0.3) is 0 Å². The molecule has 0 aliphatic carbocycles. The first-order chi connectivity index (χ1) is 21.2. The van der Waals surface area contributed by atoms with Gasteiger partial charge < -0.3 is 9.32 Å². The molecule has 0 spiro atoms. The van der Waals surface area contributed by atoms with Gasteiger partial charge in [-0.25, -0.2) is 0 Å². The Labute approximate surface area is 251 Å². The van der Waals surface area contributed by atoms with Crippen LogP contribution in [0.25, 0.3) is 55.0 Å². The van der Waals surface area contributed by atoms with Crippen LogP contribution in [-0.4, -0.2) is 0 Å². The first-order valence-electron chi connectivity index (χ1n) is 14.7. The van der Waals surface area contributed by atoms with Crippen molar-refractivity contribution in [3.8, 4) is 22.5 Å². The molecule has 0 radical (unpaired) electrons. The number of nitrogens with zero attached hydrogens (tertiary/aromatic N) is 1. The number of rotatable bonds is 5. The Kier molecular flexibility index (Phi) is 6.05. The van der Waals surface area contributed by atoms with E-state index in [0.29, 0.717) is 0 Å². The van der Waals surface area contributed by atoms with Gasteiger partial charge in [-0.15, -0.1) is 0 Å². The van der Waals surface area contributed by atoms with E-state index in [1.807, 2.05) is 12.1 Å². The molecular formula is C41H29NO. The molecule has 8 aromatic rings. The van der Waals surface area contributed by atoms with Crippen LogP contribution in [0.5, 0.6) is 0 Å². The molecule has 8 rings (SSSR count). The lowest BCUT2D eigenvalue weighted by atomic mass is 9.99. The van der Waals surface area contributed by atoms with E-state index in [2.05, 4.69) is 157 Å². The van der Waals surface area contributed by atoms with E-state index in [0.717, 1.165) is 50.5 Å². The molecule has 0 saturated heterocycles. The minimum atomic E-state index is 0.924. The van der Waals surface area contributed by atoms with Crippen molar-refractivity contribution in [3.63, 3.8) is 0 Å². The van der Waals surface area contributed by atoms with Crippen molar-refractivity contribution in [2.24, 2.45) is 0 Å². The summed E-state index contributed by atoms with van der Waals surface area (Å²) in [7, 11) is 0. The van der Waals surface area contributed by atoms with Gasteiger partial charge in [-0.05, 0) is 88.1 Å². The molecule has 0 aliphatic rings. The second-order valence-electron chi connectivity index (χ2n) is 11.0. The first kappa shape index (κ1) is 25.1. The van der Waals surface area contributed by atoms with Crippen LogP contribution < -0.4 is 4.90 Å². The number of benzene rings is 7. The van der Waals surface area contributed by atoms with Crippen molar-refractivity contribution < 1.29 is 4.42 Å². The predicted molar refractivity (Wildman–Crippen MR) is 182 cm³/mol. The fourth-order valence-electron chi connectivity index (χ4n) is 6.26. The highest BCUT2D eigenvalue weighted by Crippen LogP contribution is 2.39.